The number of hydrogen-bond donors (Lipinski definition) is 0. The average Bonchev–Trinajstić information content (AvgIpc) is 2.64. The van der Waals surface area contributed by atoms with Gasteiger partial charge in [-0.1, -0.05) is 54.1 Å². The number of carbonyl (C=O) groups excluding carboxylic acids is 1. The van der Waals surface area contributed by atoms with E-state index in [1.165, 1.54) is 11.1 Å². The Labute approximate surface area is 155 Å². The largest absolute Gasteiger partial charge is 0.341 e. The Kier molecular flexibility index (Phi) is 6.11. The first kappa shape index (κ1) is 18.0. The third-order valence-corrected chi connectivity index (χ3v) is 5.06. The summed E-state index contributed by atoms with van der Waals surface area (Å²) < 4.78 is 0. The van der Waals surface area contributed by atoms with Crippen LogP contribution in [0, 0.1) is 5.92 Å². The number of rotatable bonds is 5. The van der Waals surface area contributed by atoms with Crippen molar-refractivity contribution in [2.75, 3.05) is 20.1 Å². The first-order chi connectivity index (χ1) is 12.1. The van der Waals surface area contributed by atoms with Crippen molar-refractivity contribution in [1.82, 2.24) is 9.80 Å². The molecule has 25 heavy (non-hydrogen) atoms. The minimum Gasteiger partial charge on any atom is -0.341 e. The van der Waals surface area contributed by atoms with Crippen LogP contribution in [0.3, 0.4) is 0 Å². The summed E-state index contributed by atoms with van der Waals surface area (Å²) in [6, 6.07) is 18.2. The predicted molar refractivity (Wildman–Crippen MR) is 102 cm³/mol. The van der Waals surface area contributed by atoms with Gasteiger partial charge in [-0.25, -0.2) is 0 Å². The van der Waals surface area contributed by atoms with Crippen molar-refractivity contribution >= 4 is 17.5 Å². The lowest BCUT2D eigenvalue weighted by Crippen LogP contribution is -2.43. The molecule has 1 saturated heterocycles. The number of likely N-dealkylation sites (tertiary alicyclic amines) is 1. The zero-order valence-corrected chi connectivity index (χ0v) is 15.5. The molecule has 1 heterocycles. The Morgan fingerprint density at radius 2 is 1.84 bits per heavy atom. The molecule has 0 spiro atoms. The van der Waals surface area contributed by atoms with Crippen LogP contribution in [0.2, 0.25) is 5.02 Å². The molecule has 1 fully saturated rings. The van der Waals surface area contributed by atoms with Crippen LogP contribution in [0.15, 0.2) is 54.6 Å². The second-order valence-electron chi connectivity index (χ2n) is 6.88. The molecule has 1 aliphatic rings. The number of amides is 1. The van der Waals surface area contributed by atoms with E-state index >= 15 is 0 Å². The van der Waals surface area contributed by atoms with E-state index in [2.05, 4.69) is 29.2 Å². The number of nitrogens with zero attached hydrogens (tertiary/aromatic N) is 2. The predicted octanol–water partition coefficient (Wildman–Crippen LogP) is 4.21. The quantitative estimate of drug-likeness (QED) is 0.801. The lowest BCUT2D eigenvalue weighted by atomic mass is 9.96. The second-order valence-corrected chi connectivity index (χ2v) is 7.32. The van der Waals surface area contributed by atoms with Gasteiger partial charge in [0, 0.05) is 31.7 Å². The fraction of sp³-hybridized carbons (Fsp3) is 0.381. The summed E-state index contributed by atoms with van der Waals surface area (Å²) in [6.07, 6.45) is 2.05. The molecule has 2 aromatic carbocycles. The third-order valence-electron chi connectivity index (χ3n) is 4.81. The van der Waals surface area contributed by atoms with Crippen LogP contribution in [0.4, 0.5) is 0 Å². The average molecular weight is 357 g/mol. The molecule has 1 amide bonds. The van der Waals surface area contributed by atoms with E-state index in [1.54, 1.807) is 0 Å². The molecule has 0 bridgehead atoms. The Morgan fingerprint density at radius 3 is 2.56 bits per heavy atom. The van der Waals surface area contributed by atoms with Gasteiger partial charge in [-0.3, -0.25) is 9.69 Å². The monoisotopic (exact) mass is 356 g/mol. The lowest BCUT2D eigenvalue weighted by molar-refractivity contribution is -0.136. The van der Waals surface area contributed by atoms with Crippen molar-refractivity contribution in [3.05, 3.63) is 70.7 Å². The van der Waals surface area contributed by atoms with Crippen molar-refractivity contribution in [2.45, 2.75) is 25.9 Å². The van der Waals surface area contributed by atoms with Gasteiger partial charge in [0.1, 0.15) is 0 Å². The van der Waals surface area contributed by atoms with Gasteiger partial charge in [-0.2, -0.15) is 0 Å². The van der Waals surface area contributed by atoms with Crippen molar-refractivity contribution in [3.63, 3.8) is 0 Å². The van der Waals surface area contributed by atoms with E-state index < -0.39 is 0 Å². The highest BCUT2D eigenvalue weighted by Crippen LogP contribution is 2.21. The van der Waals surface area contributed by atoms with E-state index in [0.29, 0.717) is 6.54 Å². The first-order valence-corrected chi connectivity index (χ1v) is 9.25. The molecular formula is C21H25ClN2O. The molecule has 1 atom stereocenters. The van der Waals surface area contributed by atoms with E-state index in [-0.39, 0.29) is 11.8 Å². The van der Waals surface area contributed by atoms with Crippen molar-refractivity contribution in [2.24, 2.45) is 5.92 Å². The summed E-state index contributed by atoms with van der Waals surface area (Å²) >= 11 is 5.96. The van der Waals surface area contributed by atoms with Gasteiger partial charge in [-0.15, -0.1) is 0 Å². The number of hydrogen-bond acceptors (Lipinski definition) is 2. The van der Waals surface area contributed by atoms with E-state index in [9.17, 15) is 4.79 Å². The maximum absolute atomic E-state index is 12.8. The van der Waals surface area contributed by atoms with Crippen LogP contribution in [-0.4, -0.2) is 35.8 Å². The second kappa shape index (κ2) is 8.50. The first-order valence-electron chi connectivity index (χ1n) is 8.87. The number of piperidine rings is 1. The Hall–Kier alpha value is -1.84. The summed E-state index contributed by atoms with van der Waals surface area (Å²) in [6.45, 7) is 3.44. The molecule has 3 nitrogen and oxygen atoms in total. The lowest BCUT2D eigenvalue weighted by Gasteiger charge is -2.34. The van der Waals surface area contributed by atoms with Gasteiger partial charge in [-0.05, 0) is 42.6 Å². The van der Waals surface area contributed by atoms with Gasteiger partial charge >= 0.3 is 0 Å². The SMILES string of the molecule is CN(Cc1ccccc1)C(=O)[C@@H]1CCCN(Cc2ccc(Cl)cc2)C1. The Morgan fingerprint density at radius 1 is 1.12 bits per heavy atom. The van der Waals surface area contributed by atoms with Crippen LogP contribution in [0.25, 0.3) is 0 Å². The zero-order valence-electron chi connectivity index (χ0n) is 14.7. The smallest absolute Gasteiger partial charge is 0.227 e. The molecule has 0 aliphatic carbocycles. The molecular weight excluding hydrogens is 332 g/mol. The van der Waals surface area contributed by atoms with Crippen molar-refractivity contribution < 1.29 is 4.79 Å². The standard InChI is InChI=1S/C21H25ClN2O/c1-23(14-17-6-3-2-4-7-17)21(25)19-8-5-13-24(16-19)15-18-9-11-20(22)12-10-18/h2-4,6-7,9-12,19H,5,8,13-16H2,1H3/t19-/m1/s1. The fourth-order valence-electron chi connectivity index (χ4n) is 3.50. The van der Waals surface area contributed by atoms with Crippen LogP contribution < -0.4 is 0 Å². The minimum atomic E-state index is 0.0924. The Balaban J connectivity index is 1.56. The highest BCUT2D eigenvalue weighted by atomic mass is 35.5. The Bertz CT molecular complexity index is 687. The van der Waals surface area contributed by atoms with E-state index in [0.717, 1.165) is 37.5 Å². The van der Waals surface area contributed by atoms with E-state index in [1.807, 2.05) is 42.3 Å². The molecule has 2 aromatic rings. The molecule has 0 radical (unpaired) electrons. The minimum absolute atomic E-state index is 0.0924. The van der Waals surface area contributed by atoms with Crippen LogP contribution in [0.5, 0.6) is 0 Å². The maximum atomic E-state index is 12.8. The topological polar surface area (TPSA) is 23.6 Å². The van der Waals surface area contributed by atoms with Crippen LogP contribution in [-0.2, 0) is 17.9 Å². The molecule has 0 saturated carbocycles. The van der Waals surface area contributed by atoms with Crippen LogP contribution >= 0.6 is 11.6 Å². The number of benzene rings is 2. The third kappa shape index (κ3) is 5.07. The van der Waals surface area contributed by atoms with Crippen molar-refractivity contribution in [3.8, 4) is 0 Å². The molecule has 0 aromatic heterocycles. The maximum Gasteiger partial charge on any atom is 0.227 e. The number of halogens is 1. The molecule has 0 N–H and O–H groups in total. The number of carbonyl (C=O) groups is 1. The molecule has 0 unspecified atom stereocenters. The van der Waals surface area contributed by atoms with Crippen LogP contribution in [0.1, 0.15) is 24.0 Å². The summed E-state index contributed by atoms with van der Waals surface area (Å²) in [5.74, 6) is 0.347. The summed E-state index contributed by atoms with van der Waals surface area (Å²) in [5.41, 5.74) is 2.42. The fourth-order valence-corrected chi connectivity index (χ4v) is 3.62. The molecule has 132 valence electrons. The molecule has 4 heteroatoms. The van der Waals surface area contributed by atoms with E-state index in [4.69, 9.17) is 11.6 Å². The summed E-state index contributed by atoms with van der Waals surface area (Å²) in [4.78, 5) is 17.1. The van der Waals surface area contributed by atoms with Gasteiger partial charge in [0.2, 0.25) is 5.91 Å². The van der Waals surface area contributed by atoms with Gasteiger partial charge in [0.15, 0.2) is 0 Å². The molecule has 1 aliphatic heterocycles. The summed E-state index contributed by atoms with van der Waals surface area (Å²) in [7, 11) is 1.91. The highest BCUT2D eigenvalue weighted by Gasteiger charge is 2.27. The highest BCUT2D eigenvalue weighted by molar-refractivity contribution is 6.30. The van der Waals surface area contributed by atoms with Gasteiger partial charge in [0.05, 0.1) is 5.92 Å². The van der Waals surface area contributed by atoms with Crippen molar-refractivity contribution in [1.29, 1.82) is 0 Å². The molecule has 3 rings (SSSR count). The van der Waals surface area contributed by atoms with Gasteiger partial charge in [0.25, 0.3) is 0 Å². The summed E-state index contributed by atoms with van der Waals surface area (Å²) in [5, 5.41) is 0.762. The normalized spacial score (nSPS) is 18.1. The zero-order chi connectivity index (χ0) is 17.6. The van der Waals surface area contributed by atoms with Gasteiger partial charge < -0.3 is 4.90 Å².